The highest BCUT2D eigenvalue weighted by atomic mass is 35.5. The molecule has 0 saturated carbocycles. The predicted octanol–water partition coefficient (Wildman–Crippen LogP) is 5.74. The molecule has 0 fully saturated rings. The second kappa shape index (κ2) is 10.7. The third-order valence-electron chi connectivity index (χ3n) is 4.05. The molecule has 154 valence electrons. The minimum atomic E-state index is -0.304. The van der Waals surface area contributed by atoms with Crippen molar-refractivity contribution < 1.29 is 14.3 Å². The van der Waals surface area contributed by atoms with Gasteiger partial charge < -0.3 is 9.47 Å². The summed E-state index contributed by atoms with van der Waals surface area (Å²) in [6.07, 6.45) is 1.55. The molecule has 1 N–H and O–H groups in total. The fraction of sp³-hybridized carbons (Fsp3) is 0.130. The minimum absolute atomic E-state index is 0.304. The van der Waals surface area contributed by atoms with Crippen LogP contribution in [0.3, 0.4) is 0 Å². The van der Waals surface area contributed by atoms with Crippen molar-refractivity contribution >= 4 is 35.3 Å². The molecule has 0 spiro atoms. The van der Waals surface area contributed by atoms with Crippen molar-refractivity contribution in [1.29, 1.82) is 0 Å². The Kier molecular flexibility index (Phi) is 7.71. The van der Waals surface area contributed by atoms with E-state index in [0.29, 0.717) is 34.6 Å². The van der Waals surface area contributed by atoms with Gasteiger partial charge in [0, 0.05) is 5.56 Å². The van der Waals surface area contributed by atoms with Crippen LogP contribution in [-0.4, -0.2) is 18.7 Å². The van der Waals surface area contributed by atoms with Gasteiger partial charge in [0.05, 0.1) is 22.9 Å². The maximum Gasteiger partial charge on any atom is 0.271 e. The molecule has 7 heteroatoms. The first-order valence-corrected chi connectivity index (χ1v) is 10.0. The zero-order valence-electron chi connectivity index (χ0n) is 16.3. The van der Waals surface area contributed by atoms with Crippen LogP contribution in [0, 0.1) is 0 Å². The minimum Gasteiger partial charge on any atom is -0.494 e. The average molecular weight is 443 g/mol. The van der Waals surface area contributed by atoms with Crippen molar-refractivity contribution in [2.75, 3.05) is 6.61 Å². The molecule has 0 bridgehead atoms. The number of rotatable bonds is 8. The Bertz CT molecular complexity index is 1040. The molecule has 0 aliphatic carbocycles. The Morgan fingerprint density at radius 1 is 0.967 bits per heavy atom. The molecule has 0 unspecified atom stereocenters. The second-order valence-electron chi connectivity index (χ2n) is 6.27. The fourth-order valence-electron chi connectivity index (χ4n) is 2.58. The molecule has 30 heavy (non-hydrogen) atoms. The Morgan fingerprint density at radius 2 is 1.77 bits per heavy atom. The van der Waals surface area contributed by atoms with Gasteiger partial charge in [-0.15, -0.1) is 0 Å². The number of hydrogen-bond acceptors (Lipinski definition) is 4. The summed E-state index contributed by atoms with van der Waals surface area (Å²) in [6.45, 7) is 2.83. The first kappa shape index (κ1) is 21.7. The number of amides is 1. The summed E-state index contributed by atoms with van der Waals surface area (Å²) < 4.78 is 11.2. The maximum absolute atomic E-state index is 12.2. The Morgan fingerprint density at radius 3 is 2.50 bits per heavy atom. The van der Waals surface area contributed by atoms with Crippen molar-refractivity contribution in [2.45, 2.75) is 13.5 Å². The van der Waals surface area contributed by atoms with Crippen LogP contribution in [0.5, 0.6) is 11.5 Å². The average Bonchev–Trinajstić information content (AvgIpc) is 2.75. The van der Waals surface area contributed by atoms with Crippen LogP contribution in [0.25, 0.3) is 0 Å². The van der Waals surface area contributed by atoms with E-state index >= 15 is 0 Å². The summed E-state index contributed by atoms with van der Waals surface area (Å²) in [5.41, 5.74) is 4.70. The highest BCUT2D eigenvalue weighted by Gasteiger charge is 2.04. The number of carbonyl (C=O) groups excluding carboxylic acids is 1. The molecule has 1 amide bonds. The molecule has 3 rings (SSSR count). The summed E-state index contributed by atoms with van der Waals surface area (Å²) in [6, 6.07) is 19.6. The Labute approximate surface area is 185 Å². The van der Waals surface area contributed by atoms with Crippen LogP contribution in [0.1, 0.15) is 28.4 Å². The Balaban J connectivity index is 1.55. The SMILES string of the molecule is CCOc1ccc(C(=O)N/N=C\c2cccc(OCc3ccc(Cl)c(Cl)c3)c2)cc1. The lowest BCUT2D eigenvalue weighted by molar-refractivity contribution is 0.0955. The Hall–Kier alpha value is -3.02. The third kappa shape index (κ3) is 6.24. The molecule has 0 aromatic heterocycles. The van der Waals surface area contributed by atoms with E-state index in [-0.39, 0.29) is 5.91 Å². The fourth-order valence-corrected chi connectivity index (χ4v) is 2.90. The van der Waals surface area contributed by atoms with Gasteiger partial charge in [-0.3, -0.25) is 4.79 Å². The molecule has 0 atom stereocenters. The van der Waals surface area contributed by atoms with Crippen LogP contribution in [-0.2, 0) is 6.61 Å². The normalized spacial score (nSPS) is 10.8. The van der Waals surface area contributed by atoms with Gasteiger partial charge in [0.15, 0.2) is 0 Å². The van der Waals surface area contributed by atoms with Crippen LogP contribution >= 0.6 is 23.2 Å². The molecule has 3 aromatic carbocycles. The summed E-state index contributed by atoms with van der Waals surface area (Å²) in [7, 11) is 0. The monoisotopic (exact) mass is 442 g/mol. The van der Waals surface area contributed by atoms with E-state index in [0.717, 1.165) is 16.9 Å². The standard InChI is InChI=1S/C23H20Cl2N2O3/c1-2-29-19-9-7-18(8-10-19)23(28)27-26-14-16-4-3-5-20(12-16)30-15-17-6-11-21(24)22(25)13-17/h3-14H,2,15H2,1H3,(H,27,28)/b26-14-. The van der Waals surface area contributed by atoms with Gasteiger partial charge in [-0.1, -0.05) is 41.4 Å². The molecular formula is C23H20Cl2N2O3. The molecule has 0 saturated heterocycles. The number of hydrogen-bond donors (Lipinski definition) is 1. The summed E-state index contributed by atoms with van der Waals surface area (Å²) >= 11 is 11.9. The third-order valence-corrected chi connectivity index (χ3v) is 4.79. The van der Waals surface area contributed by atoms with E-state index in [4.69, 9.17) is 32.7 Å². The van der Waals surface area contributed by atoms with Gasteiger partial charge in [-0.2, -0.15) is 5.10 Å². The molecular weight excluding hydrogens is 423 g/mol. The van der Waals surface area contributed by atoms with E-state index in [2.05, 4.69) is 10.5 Å². The lowest BCUT2D eigenvalue weighted by Gasteiger charge is -2.08. The zero-order valence-corrected chi connectivity index (χ0v) is 17.8. The van der Waals surface area contributed by atoms with E-state index in [1.807, 2.05) is 37.3 Å². The highest BCUT2D eigenvalue weighted by molar-refractivity contribution is 6.42. The van der Waals surface area contributed by atoms with Crippen molar-refractivity contribution in [2.24, 2.45) is 5.10 Å². The highest BCUT2D eigenvalue weighted by Crippen LogP contribution is 2.23. The lowest BCUT2D eigenvalue weighted by Crippen LogP contribution is -2.17. The first-order chi connectivity index (χ1) is 14.5. The van der Waals surface area contributed by atoms with E-state index < -0.39 is 0 Å². The molecule has 0 heterocycles. The number of ether oxygens (including phenoxy) is 2. The first-order valence-electron chi connectivity index (χ1n) is 9.28. The quantitative estimate of drug-likeness (QED) is 0.357. The van der Waals surface area contributed by atoms with Gasteiger partial charge in [-0.05, 0) is 66.6 Å². The van der Waals surface area contributed by atoms with E-state index in [9.17, 15) is 4.79 Å². The zero-order chi connectivity index (χ0) is 21.3. The smallest absolute Gasteiger partial charge is 0.271 e. The van der Waals surface area contributed by atoms with Gasteiger partial charge >= 0.3 is 0 Å². The van der Waals surface area contributed by atoms with Gasteiger partial charge in [0.1, 0.15) is 18.1 Å². The summed E-state index contributed by atoms with van der Waals surface area (Å²) in [4.78, 5) is 12.2. The maximum atomic E-state index is 12.2. The second-order valence-corrected chi connectivity index (χ2v) is 7.08. The van der Waals surface area contributed by atoms with Crippen LogP contribution in [0.2, 0.25) is 10.0 Å². The van der Waals surface area contributed by atoms with Crippen LogP contribution in [0.15, 0.2) is 71.8 Å². The number of carbonyl (C=O) groups is 1. The van der Waals surface area contributed by atoms with Gasteiger partial charge in [0.25, 0.3) is 5.91 Å². The topological polar surface area (TPSA) is 59.9 Å². The van der Waals surface area contributed by atoms with E-state index in [1.165, 1.54) is 0 Å². The molecule has 0 aliphatic heterocycles. The summed E-state index contributed by atoms with van der Waals surface area (Å²) in [5.74, 6) is 1.08. The predicted molar refractivity (Wildman–Crippen MR) is 120 cm³/mol. The molecule has 0 aliphatic rings. The number of nitrogens with one attached hydrogen (secondary N) is 1. The number of hydrazone groups is 1. The van der Waals surface area contributed by atoms with Gasteiger partial charge in [-0.25, -0.2) is 5.43 Å². The van der Waals surface area contributed by atoms with Crippen LogP contribution in [0.4, 0.5) is 0 Å². The van der Waals surface area contributed by atoms with Crippen molar-refractivity contribution in [3.8, 4) is 11.5 Å². The number of nitrogens with zero attached hydrogens (tertiary/aromatic N) is 1. The molecule has 3 aromatic rings. The molecule has 0 radical (unpaired) electrons. The number of benzene rings is 3. The summed E-state index contributed by atoms with van der Waals surface area (Å²) in [5, 5.41) is 5.01. The largest absolute Gasteiger partial charge is 0.494 e. The van der Waals surface area contributed by atoms with E-state index in [1.54, 1.807) is 42.6 Å². The van der Waals surface area contributed by atoms with Gasteiger partial charge in [0.2, 0.25) is 0 Å². The van der Waals surface area contributed by atoms with Crippen molar-refractivity contribution in [3.05, 3.63) is 93.5 Å². The number of halogens is 2. The lowest BCUT2D eigenvalue weighted by atomic mass is 10.2. The van der Waals surface area contributed by atoms with Crippen molar-refractivity contribution in [1.82, 2.24) is 5.43 Å². The van der Waals surface area contributed by atoms with Crippen molar-refractivity contribution in [3.63, 3.8) is 0 Å². The molecule has 5 nitrogen and oxygen atoms in total. The van der Waals surface area contributed by atoms with Crippen LogP contribution < -0.4 is 14.9 Å².